The van der Waals surface area contributed by atoms with Gasteiger partial charge in [-0.25, -0.2) is 0 Å². The zero-order chi connectivity index (χ0) is 13.4. The van der Waals surface area contributed by atoms with Crippen molar-refractivity contribution in [3.63, 3.8) is 0 Å². The topological polar surface area (TPSA) is 51.0 Å². The van der Waals surface area contributed by atoms with Crippen molar-refractivity contribution in [2.45, 2.75) is 12.3 Å². The van der Waals surface area contributed by atoms with Gasteiger partial charge in [0.2, 0.25) is 11.7 Å². The molecule has 1 N–H and O–H groups in total. The van der Waals surface area contributed by atoms with Crippen molar-refractivity contribution >= 4 is 17.0 Å². The standard InChI is InChI=1S/C15H13N3OS/c1-2-5-12-10(4-1)8-11(9-16-12)15-17-14(18-19-15)13-6-3-7-20-13/h1-7,11,16H,8-9H2. The number of fused-ring (bicyclic) bond motifs is 1. The molecular formula is C15H13N3OS. The average molecular weight is 283 g/mol. The fourth-order valence-corrected chi connectivity index (χ4v) is 3.17. The molecule has 5 heteroatoms. The van der Waals surface area contributed by atoms with Crippen LogP contribution in [0.5, 0.6) is 0 Å². The highest BCUT2D eigenvalue weighted by atomic mass is 32.1. The van der Waals surface area contributed by atoms with Crippen molar-refractivity contribution in [3.8, 4) is 10.7 Å². The van der Waals surface area contributed by atoms with Gasteiger partial charge in [0.15, 0.2) is 0 Å². The molecule has 0 bridgehead atoms. The van der Waals surface area contributed by atoms with Crippen molar-refractivity contribution in [1.82, 2.24) is 10.1 Å². The monoisotopic (exact) mass is 283 g/mol. The van der Waals surface area contributed by atoms with Gasteiger partial charge in [-0.3, -0.25) is 0 Å². The lowest BCUT2D eigenvalue weighted by atomic mass is 9.94. The first-order valence-corrected chi connectivity index (χ1v) is 7.47. The Kier molecular flexibility index (Phi) is 2.77. The van der Waals surface area contributed by atoms with Gasteiger partial charge in [0.05, 0.1) is 10.8 Å². The minimum Gasteiger partial charge on any atom is -0.384 e. The van der Waals surface area contributed by atoms with Gasteiger partial charge in [0.1, 0.15) is 0 Å². The first-order chi connectivity index (χ1) is 9.90. The molecule has 0 radical (unpaired) electrons. The SMILES string of the molecule is c1csc(-c2noc(C3CNc4ccccc4C3)n2)c1. The molecule has 4 nitrogen and oxygen atoms in total. The predicted octanol–water partition coefficient (Wildman–Crippen LogP) is 3.55. The van der Waals surface area contributed by atoms with Crippen LogP contribution >= 0.6 is 11.3 Å². The van der Waals surface area contributed by atoms with Crippen LogP contribution in [0.25, 0.3) is 10.7 Å². The smallest absolute Gasteiger partial charge is 0.232 e. The summed E-state index contributed by atoms with van der Waals surface area (Å²) < 4.78 is 5.45. The van der Waals surface area contributed by atoms with Crippen LogP contribution < -0.4 is 5.32 Å². The first kappa shape index (κ1) is 11.7. The van der Waals surface area contributed by atoms with E-state index in [2.05, 4.69) is 33.7 Å². The first-order valence-electron chi connectivity index (χ1n) is 6.59. The molecule has 1 atom stereocenters. The van der Waals surface area contributed by atoms with Gasteiger partial charge >= 0.3 is 0 Å². The Labute approximate surface area is 120 Å². The van der Waals surface area contributed by atoms with Crippen LogP contribution in [-0.2, 0) is 6.42 Å². The van der Waals surface area contributed by atoms with Gasteiger partial charge in [0, 0.05) is 12.2 Å². The minimum atomic E-state index is 0.242. The summed E-state index contributed by atoms with van der Waals surface area (Å²) in [6.07, 6.45) is 0.940. The van der Waals surface area contributed by atoms with E-state index in [1.54, 1.807) is 11.3 Å². The largest absolute Gasteiger partial charge is 0.384 e. The molecule has 0 saturated heterocycles. The maximum absolute atomic E-state index is 5.45. The summed E-state index contributed by atoms with van der Waals surface area (Å²) in [6, 6.07) is 12.4. The van der Waals surface area contributed by atoms with Crippen molar-refractivity contribution in [2.75, 3.05) is 11.9 Å². The molecule has 1 aromatic carbocycles. The zero-order valence-corrected chi connectivity index (χ0v) is 11.6. The van der Waals surface area contributed by atoms with E-state index in [1.165, 1.54) is 11.3 Å². The summed E-state index contributed by atoms with van der Waals surface area (Å²) in [7, 11) is 0. The van der Waals surface area contributed by atoms with E-state index in [0.717, 1.165) is 23.7 Å². The van der Waals surface area contributed by atoms with Crippen molar-refractivity contribution < 1.29 is 4.52 Å². The highest BCUT2D eigenvalue weighted by Gasteiger charge is 2.24. The molecule has 1 aliphatic heterocycles. The van der Waals surface area contributed by atoms with Gasteiger partial charge in [-0.1, -0.05) is 29.4 Å². The number of rotatable bonds is 2. The number of anilines is 1. The molecule has 1 unspecified atom stereocenters. The lowest BCUT2D eigenvalue weighted by molar-refractivity contribution is 0.354. The molecule has 1 aliphatic rings. The number of nitrogens with one attached hydrogen (secondary N) is 1. The fraction of sp³-hybridized carbons (Fsp3) is 0.200. The van der Waals surface area contributed by atoms with Crippen LogP contribution in [0.15, 0.2) is 46.3 Å². The number of thiophene rings is 1. The number of benzene rings is 1. The molecule has 4 rings (SSSR count). The van der Waals surface area contributed by atoms with Crippen LogP contribution in [0.2, 0.25) is 0 Å². The minimum absolute atomic E-state index is 0.242. The van der Waals surface area contributed by atoms with E-state index in [4.69, 9.17) is 4.52 Å². The molecule has 3 aromatic rings. The molecule has 100 valence electrons. The normalized spacial score (nSPS) is 17.5. The van der Waals surface area contributed by atoms with E-state index in [9.17, 15) is 0 Å². The van der Waals surface area contributed by atoms with Crippen LogP contribution in [0, 0.1) is 0 Å². The average Bonchev–Trinajstić information content (AvgIpc) is 3.17. The highest BCUT2D eigenvalue weighted by molar-refractivity contribution is 7.13. The molecule has 0 aliphatic carbocycles. The Balaban J connectivity index is 1.60. The van der Waals surface area contributed by atoms with E-state index in [-0.39, 0.29) is 5.92 Å². The summed E-state index contributed by atoms with van der Waals surface area (Å²) in [4.78, 5) is 5.59. The fourth-order valence-electron chi connectivity index (χ4n) is 2.52. The highest BCUT2D eigenvalue weighted by Crippen LogP contribution is 2.31. The van der Waals surface area contributed by atoms with Gasteiger partial charge in [-0.05, 0) is 29.5 Å². The Hall–Kier alpha value is -2.14. The summed E-state index contributed by atoms with van der Waals surface area (Å²) in [5.41, 5.74) is 2.52. The summed E-state index contributed by atoms with van der Waals surface area (Å²) in [6.45, 7) is 0.836. The Morgan fingerprint density at radius 2 is 2.15 bits per heavy atom. The molecule has 0 saturated carbocycles. The zero-order valence-electron chi connectivity index (χ0n) is 10.7. The molecule has 20 heavy (non-hydrogen) atoms. The molecule has 3 heterocycles. The number of hydrogen-bond acceptors (Lipinski definition) is 5. The van der Waals surface area contributed by atoms with Gasteiger partial charge < -0.3 is 9.84 Å². The van der Waals surface area contributed by atoms with Gasteiger partial charge in [-0.15, -0.1) is 11.3 Å². The van der Waals surface area contributed by atoms with Crippen molar-refractivity contribution in [1.29, 1.82) is 0 Å². The number of para-hydroxylation sites is 1. The van der Waals surface area contributed by atoms with E-state index in [0.29, 0.717) is 5.82 Å². The lowest BCUT2D eigenvalue weighted by Gasteiger charge is -2.23. The maximum atomic E-state index is 5.45. The summed E-state index contributed by atoms with van der Waals surface area (Å²) >= 11 is 1.62. The lowest BCUT2D eigenvalue weighted by Crippen LogP contribution is -2.21. The van der Waals surface area contributed by atoms with Gasteiger partial charge in [-0.2, -0.15) is 4.98 Å². The Bertz CT molecular complexity index is 720. The second-order valence-corrected chi connectivity index (χ2v) is 5.82. The Morgan fingerprint density at radius 1 is 1.20 bits per heavy atom. The van der Waals surface area contributed by atoms with Crippen LogP contribution in [0.3, 0.4) is 0 Å². The Morgan fingerprint density at radius 3 is 3.05 bits per heavy atom. The summed E-state index contributed by atoms with van der Waals surface area (Å²) in [5, 5.41) is 9.53. The van der Waals surface area contributed by atoms with Crippen LogP contribution in [0.1, 0.15) is 17.4 Å². The van der Waals surface area contributed by atoms with E-state index in [1.807, 2.05) is 23.6 Å². The number of aromatic nitrogens is 2. The number of nitrogens with zero attached hydrogens (tertiary/aromatic N) is 2. The van der Waals surface area contributed by atoms with Crippen molar-refractivity contribution in [3.05, 3.63) is 53.2 Å². The third kappa shape index (κ3) is 2.00. The van der Waals surface area contributed by atoms with Crippen LogP contribution in [-0.4, -0.2) is 16.7 Å². The predicted molar refractivity (Wildman–Crippen MR) is 79.0 cm³/mol. The van der Waals surface area contributed by atoms with Crippen LogP contribution in [0.4, 0.5) is 5.69 Å². The quantitative estimate of drug-likeness (QED) is 0.781. The van der Waals surface area contributed by atoms with E-state index < -0.39 is 0 Å². The molecular weight excluding hydrogens is 270 g/mol. The molecule has 0 amide bonds. The maximum Gasteiger partial charge on any atom is 0.232 e. The third-order valence-electron chi connectivity index (χ3n) is 3.56. The second kappa shape index (κ2) is 4.76. The molecule has 0 spiro atoms. The second-order valence-electron chi connectivity index (χ2n) is 4.87. The molecule has 0 fully saturated rings. The van der Waals surface area contributed by atoms with Gasteiger partial charge in [0.25, 0.3) is 0 Å². The van der Waals surface area contributed by atoms with Crippen molar-refractivity contribution in [2.24, 2.45) is 0 Å². The summed E-state index contributed by atoms with van der Waals surface area (Å²) in [5.74, 6) is 1.65. The third-order valence-corrected chi connectivity index (χ3v) is 4.42. The molecule has 2 aromatic heterocycles. The number of hydrogen-bond donors (Lipinski definition) is 1. The van der Waals surface area contributed by atoms with E-state index >= 15 is 0 Å².